The maximum absolute atomic E-state index is 10.7. The molecule has 0 aromatic carbocycles. The fourth-order valence-electron chi connectivity index (χ4n) is 6.11. The van der Waals surface area contributed by atoms with E-state index in [1.807, 2.05) is 65.0 Å². The summed E-state index contributed by atoms with van der Waals surface area (Å²) >= 11 is 0. The van der Waals surface area contributed by atoms with Gasteiger partial charge in [0.05, 0.1) is 49.0 Å². The van der Waals surface area contributed by atoms with E-state index in [1.165, 1.54) is 5.01 Å². The van der Waals surface area contributed by atoms with Crippen LogP contribution in [0.4, 0.5) is 0 Å². The average Bonchev–Trinajstić information content (AvgIpc) is 3.78. The Morgan fingerprint density at radius 1 is 0.823 bits per heavy atom. The molecule has 0 saturated carbocycles. The van der Waals surface area contributed by atoms with Crippen LogP contribution in [-0.2, 0) is 0 Å². The number of nitrogens with zero attached hydrogens (tertiary/aromatic N) is 12. The summed E-state index contributed by atoms with van der Waals surface area (Å²) in [6.07, 6.45) is 10.9. The molecule has 0 aromatic heterocycles. The Morgan fingerprint density at radius 3 is 1.82 bits per heavy atom. The van der Waals surface area contributed by atoms with Gasteiger partial charge in [0.25, 0.3) is 0 Å². The Hall–Kier alpha value is -4.42. The molecule has 22 heteroatoms. The molecule has 0 aromatic rings. The molecule has 0 spiro atoms. The molecule has 1 atom stereocenters. The van der Waals surface area contributed by atoms with Crippen LogP contribution in [-0.4, -0.2) is 157 Å². The van der Waals surface area contributed by atoms with E-state index in [-0.39, 0.29) is 54.5 Å². The van der Waals surface area contributed by atoms with Crippen molar-refractivity contribution in [2.24, 2.45) is 60.8 Å². The van der Waals surface area contributed by atoms with Gasteiger partial charge in [-0.05, 0) is 83.1 Å². The van der Waals surface area contributed by atoms with E-state index in [4.69, 9.17) is 34.7 Å². The minimum absolute atomic E-state index is 0.0795. The quantitative estimate of drug-likeness (QED) is 0.0384. The van der Waals surface area contributed by atoms with Crippen LogP contribution in [0.15, 0.2) is 80.5 Å². The highest BCUT2D eigenvalue weighted by Crippen LogP contribution is 2.23. The minimum atomic E-state index is -1.06. The molecule has 2 rings (SSSR count). The number of hydrogen-bond acceptors (Lipinski definition) is 21. The number of aliphatic hydroxyl groups is 2. The van der Waals surface area contributed by atoms with Crippen molar-refractivity contribution in [3.05, 3.63) is 59.9 Å². The van der Waals surface area contributed by atoms with Gasteiger partial charge in [0.2, 0.25) is 0 Å². The van der Waals surface area contributed by atoms with Gasteiger partial charge in [-0.15, -0.1) is 5.53 Å². The Balaban J connectivity index is 2.25. The Bertz CT molecular complexity index is 1600. The second kappa shape index (κ2) is 22.8. The summed E-state index contributed by atoms with van der Waals surface area (Å²) < 4.78 is 0. The third-order valence-corrected chi connectivity index (χ3v) is 9.90. The predicted molar refractivity (Wildman–Crippen MR) is 246 cm³/mol. The van der Waals surface area contributed by atoms with Crippen molar-refractivity contribution >= 4 is 0 Å². The van der Waals surface area contributed by atoms with E-state index >= 15 is 0 Å². The maximum Gasteiger partial charge on any atom is 0.105 e. The van der Waals surface area contributed by atoms with Crippen molar-refractivity contribution in [1.29, 1.82) is 0 Å². The third-order valence-electron chi connectivity index (χ3n) is 9.90. The fourth-order valence-corrected chi connectivity index (χ4v) is 6.11. The Labute approximate surface area is 371 Å². The molecule has 62 heavy (non-hydrogen) atoms. The van der Waals surface area contributed by atoms with Crippen LogP contribution in [0.3, 0.4) is 0 Å². The van der Waals surface area contributed by atoms with Crippen LogP contribution in [0, 0.1) is 5.41 Å². The molecule has 22 nitrogen and oxygen atoms in total. The predicted octanol–water partition coefficient (Wildman–Crippen LogP) is 0.713. The van der Waals surface area contributed by atoms with E-state index in [1.54, 1.807) is 45.7 Å². The standard InChI is InChI=1S/C40H84N20O2/c1-36(2,3)57(45)21-32(42)17-53(15-14-16-59(50-47-13)38(7,8)9)23-34-25-56(51-48-34)28-40(29-61,30-62)27-55(44)20-31(41)18-54(19-33(43)22-58(46)37(4,5)6)24-35-26-60(52-49-35)39(10,11)12/h14,16,20-22,25,35,48,51,61-62H,15,17-19,23-24,26-30,41-46H2,1-13H3/b16-14+,31-20-,32-21-,33-22-,50-47?. The zero-order chi connectivity index (χ0) is 47.3. The fraction of sp³-hybridized carbons (Fsp3) is 0.750. The first-order chi connectivity index (χ1) is 28.5. The molecule has 2 aliphatic heterocycles. The van der Waals surface area contributed by atoms with Gasteiger partial charge in [0, 0.05) is 112 Å². The second-order valence-corrected chi connectivity index (χ2v) is 20.4. The third kappa shape index (κ3) is 18.5. The molecule has 356 valence electrons. The monoisotopic (exact) mass is 877 g/mol. The van der Waals surface area contributed by atoms with Crippen molar-refractivity contribution in [2.45, 2.75) is 111 Å². The number of rotatable bonds is 23. The number of nitrogens with one attached hydrogen (secondary N) is 2. The number of hydrazine groups is 5. The van der Waals surface area contributed by atoms with Crippen LogP contribution < -0.4 is 45.7 Å². The largest absolute Gasteiger partial charge is 0.400 e. The van der Waals surface area contributed by atoms with Crippen molar-refractivity contribution in [1.82, 2.24) is 50.8 Å². The zero-order valence-corrected chi connectivity index (χ0v) is 40.0. The lowest BCUT2D eigenvalue weighted by atomic mass is 9.89. The molecule has 2 heterocycles. The Kier molecular flexibility index (Phi) is 19.7. The molecular formula is C40H84N20O2. The average molecular weight is 877 g/mol. The molecule has 1 unspecified atom stereocenters. The maximum atomic E-state index is 10.7. The van der Waals surface area contributed by atoms with E-state index in [9.17, 15) is 10.2 Å². The first kappa shape index (κ1) is 53.7. The summed E-state index contributed by atoms with van der Waals surface area (Å²) in [6, 6.07) is -0.101. The van der Waals surface area contributed by atoms with Gasteiger partial charge in [-0.3, -0.25) is 19.8 Å². The van der Waals surface area contributed by atoms with Gasteiger partial charge in [-0.2, -0.15) is 10.2 Å². The summed E-state index contributed by atoms with van der Waals surface area (Å²) in [6.45, 7) is 27.2. The Morgan fingerprint density at radius 2 is 1.35 bits per heavy atom. The number of aliphatic hydroxyl groups excluding tert-OH is 2. The summed E-state index contributed by atoms with van der Waals surface area (Å²) in [5, 5.41) is 48.6. The molecule has 0 aliphatic carbocycles. The lowest BCUT2D eigenvalue weighted by molar-refractivity contribution is 0.00298. The zero-order valence-electron chi connectivity index (χ0n) is 40.0. The van der Waals surface area contributed by atoms with Crippen LogP contribution >= 0.6 is 0 Å². The lowest BCUT2D eigenvalue weighted by Gasteiger charge is -2.36. The smallest absolute Gasteiger partial charge is 0.105 e. The van der Waals surface area contributed by atoms with Crippen molar-refractivity contribution in [3.63, 3.8) is 0 Å². The molecule has 0 saturated heterocycles. The van der Waals surface area contributed by atoms with E-state index in [2.05, 4.69) is 83.0 Å². The molecule has 0 radical (unpaired) electrons. The van der Waals surface area contributed by atoms with E-state index in [0.29, 0.717) is 62.9 Å². The summed E-state index contributed by atoms with van der Waals surface area (Å²) in [5.41, 5.74) is 26.2. The SMILES string of the molecule is CN=NN(/C=C/CN(CC1=CN(CC(CO)(CO)CN(N)/C=C(\N)CN(C/C(N)=C/N(N)C(C)(C)C)CC2CN(C(C)(C)C)N=N2)NN1)C/C(N)=C/N(N)C(C)(C)C)C(C)(C)C. The highest BCUT2D eigenvalue weighted by Gasteiger charge is 2.34. The van der Waals surface area contributed by atoms with Gasteiger partial charge in [0.1, 0.15) is 6.04 Å². The molecule has 0 bridgehead atoms. The molecule has 0 amide bonds. The van der Waals surface area contributed by atoms with Crippen LogP contribution in [0.1, 0.15) is 83.1 Å². The molecule has 0 fully saturated rings. The number of hydrogen-bond donors (Lipinski definition) is 10. The minimum Gasteiger partial charge on any atom is -0.400 e. The highest BCUT2D eigenvalue weighted by molar-refractivity contribution is 5.10. The van der Waals surface area contributed by atoms with Gasteiger partial charge in [0.15, 0.2) is 0 Å². The number of nitrogens with two attached hydrogens (primary N) is 6. The summed E-state index contributed by atoms with van der Waals surface area (Å²) in [7, 11) is 1.64. The van der Waals surface area contributed by atoms with Gasteiger partial charge in [-0.25, -0.2) is 22.5 Å². The van der Waals surface area contributed by atoms with E-state index < -0.39 is 5.41 Å². The van der Waals surface area contributed by atoms with Gasteiger partial charge < -0.3 is 47.9 Å². The van der Waals surface area contributed by atoms with Crippen molar-refractivity contribution in [2.75, 3.05) is 79.2 Å². The topological polar surface area (TPSA) is 296 Å². The van der Waals surface area contributed by atoms with Crippen LogP contribution in [0.2, 0.25) is 0 Å². The first-order valence-corrected chi connectivity index (χ1v) is 21.1. The van der Waals surface area contributed by atoms with E-state index in [0.717, 1.165) is 5.70 Å². The highest BCUT2D eigenvalue weighted by atomic mass is 16.3. The van der Waals surface area contributed by atoms with Crippen LogP contribution in [0.25, 0.3) is 0 Å². The normalized spacial score (nSPS) is 17.6. The van der Waals surface area contributed by atoms with Crippen LogP contribution in [0.5, 0.6) is 0 Å². The second-order valence-electron chi connectivity index (χ2n) is 20.4. The van der Waals surface area contributed by atoms with Gasteiger partial charge >= 0.3 is 0 Å². The lowest BCUT2D eigenvalue weighted by Crippen LogP contribution is -2.52. The molecule has 2 aliphatic rings. The first-order valence-electron chi connectivity index (χ1n) is 21.1. The van der Waals surface area contributed by atoms with Crippen molar-refractivity contribution < 1.29 is 10.2 Å². The molecule has 16 N–H and O–H groups in total. The summed E-state index contributed by atoms with van der Waals surface area (Å²) in [4.78, 5) is 4.21. The van der Waals surface area contributed by atoms with Crippen molar-refractivity contribution in [3.8, 4) is 0 Å². The molecular weight excluding hydrogens is 793 g/mol. The van der Waals surface area contributed by atoms with Gasteiger partial charge in [-0.1, -0.05) is 16.5 Å². The summed E-state index contributed by atoms with van der Waals surface area (Å²) in [5.74, 6) is 19.1.